The Morgan fingerprint density at radius 3 is 2.45 bits per heavy atom. The predicted molar refractivity (Wildman–Crippen MR) is 143 cm³/mol. The molecule has 0 radical (unpaired) electrons. The predicted octanol–water partition coefficient (Wildman–Crippen LogP) is 5.23. The van der Waals surface area contributed by atoms with Gasteiger partial charge in [0.05, 0.1) is 18.7 Å². The third-order valence-electron chi connectivity index (χ3n) is 6.88. The van der Waals surface area contributed by atoms with Crippen LogP contribution in [0, 0.1) is 10.1 Å². The Kier molecular flexibility index (Phi) is 9.51. The molecule has 1 fully saturated rings. The summed E-state index contributed by atoms with van der Waals surface area (Å²) in [6.07, 6.45) is 6.17. The van der Waals surface area contributed by atoms with Crippen LogP contribution in [0.4, 0.5) is 5.88 Å². The summed E-state index contributed by atoms with van der Waals surface area (Å²) in [7, 11) is -1.22. The summed E-state index contributed by atoms with van der Waals surface area (Å²) in [6.45, 7) is 3.34. The number of likely N-dealkylation sites (tertiary alicyclic amines) is 1. The minimum atomic E-state index is -3.77. The van der Waals surface area contributed by atoms with Crippen molar-refractivity contribution in [2.45, 2.75) is 51.2 Å². The zero-order valence-corrected chi connectivity index (χ0v) is 22.7. The van der Waals surface area contributed by atoms with E-state index in [1.807, 2.05) is 4.90 Å². The summed E-state index contributed by atoms with van der Waals surface area (Å²) in [6, 6.07) is 10.9. The van der Waals surface area contributed by atoms with E-state index in [0.29, 0.717) is 30.9 Å². The number of nitrogens with zero attached hydrogens (tertiary/aromatic N) is 4. The van der Waals surface area contributed by atoms with Crippen molar-refractivity contribution in [3.8, 4) is 0 Å². The normalized spacial score (nSPS) is 19.8. The number of furan rings is 1. The van der Waals surface area contributed by atoms with Crippen LogP contribution in [-0.2, 0) is 26.7 Å². The molecule has 0 amide bonds. The highest BCUT2D eigenvalue weighted by molar-refractivity contribution is 7.52. The van der Waals surface area contributed by atoms with Gasteiger partial charge in [0.2, 0.25) is 0 Å². The summed E-state index contributed by atoms with van der Waals surface area (Å²) in [4.78, 5) is 15.0. The number of amidine groups is 1. The van der Waals surface area contributed by atoms with Crippen LogP contribution < -0.4 is 0 Å². The third-order valence-corrected chi connectivity index (χ3v) is 8.28. The fourth-order valence-corrected chi connectivity index (χ4v) is 5.69. The molecule has 1 saturated heterocycles. The Labute approximate surface area is 222 Å². The van der Waals surface area contributed by atoms with Crippen LogP contribution in [-0.4, -0.2) is 59.6 Å². The van der Waals surface area contributed by atoms with Crippen LogP contribution >= 0.6 is 7.75 Å². The number of aliphatic hydroxyl groups is 1. The van der Waals surface area contributed by atoms with Gasteiger partial charge in [-0.15, -0.1) is 0 Å². The molecule has 2 aliphatic rings. The number of rotatable bonds is 12. The van der Waals surface area contributed by atoms with E-state index in [-0.39, 0.29) is 25.1 Å². The van der Waals surface area contributed by atoms with Crippen molar-refractivity contribution < 1.29 is 28.1 Å². The zero-order valence-electron chi connectivity index (χ0n) is 21.8. The summed E-state index contributed by atoms with van der Waals surface area (Å²) < 4.78 is 33.1. The van der Waals surface area contributed by atoms with Crippen molar-refractivity contribution in [1.29, 1.82) is 0 Å². The van der Waals surface area contributed by atoms with Crippen LogP contribution in [0.15, 0.2) is 57.2 Å². The third kappa shape index (κ3) is 6.98. The topological polar surface area (TPSA) is 131 Å². The summed E-state index contributed by atoms with van der Waals surface area (Å²) >= 11 is 0. The van der Waals surface area contributed by atoms with E-state index in [1.54, 1.807) is 6.07 Å². The minimum Gasteiger partial charge on any atom is -0.404 e. The Bertz CT molecular complexity index is 1200. The highest BCUT2D eigenvalue weighted by atomic mass is 31.2. The van der Waals surface area contributed by atoms with E-state index in [0.717, 1.165) is 30.8 Å². The molecule has 4 rings (SSSR count). The molecule has 206 valence electrons. The maximum Gasteiger partial charge on any atom is 0.454 e. The second-order valence-corrected chi connectivity index (χ2v) is 11.3. The van der Waals surface area contributed by atoms with Crippen LogP contribution in [0.3, 0.4) is 0 Å². The molecular weight excluding hydrogens is 511 g/mol. The maximum atomic E-state index is 13.0. The SMILES string of the molecule is COP(=O)(/N=C1/CC(CCCO)=CC(c2ccc(CN3CCCC3)cc2)N1Cc1ccc([N+](=O)[O-])o1)OC. The highest BCUT2D eigenvalue weighted by Gasteiger charge is 2.32. The fraction of sp³-hybridized carbons (Fsp3) is 0.500. The second kappa shape index (κ2) is 12.8. The molecule has 11 nitrogen and oxygen atoms in total. The molecule has 1 atom stereocenters. The number of benzene rings is 1. The van der Waals surface area contributed by atoms with Gasteiger partial charge in [-0.25, -0.2) is 4.57 Å². The number of hydrogen-bond acceptors (Lipinski definition) is 8. The first-order valence-corrected chi connectivity index (χ1v) is 14.3. The molecule has 0 spiro atoms. The molecule has 0 bridgehead atoms. The fourth-order valence-electron chi connectivity index (χ4n) is 4.91. The van der Waals surface area contributed by atoms with Crippen molar-refractivity contribution >= 4 is 19.5 Å². The standard InChI is InChI=1S/C26H35N4O7P/c1-35-38(34,36-2)27-25-17-21(6-5-15-31)16-24(29(25)19-23-11-12-26(37-23)30(32)33)22-9-7-20(8-10-22)18-28-13-3-4-14-28/h7-12,16,24,31H,3-6,13-15,17-19H2,1-2H3/b27-25-. The lowest BCUT2D eigenvalue weighted by molar-refractivity contribution is -0.402. The number of hydrogen-bond donors (Lipinski definition) is 1. The smallest absolute Gasteiger partial charge is 0.404 e. The minimum absolute atomic E-state index is 0.0497. The van der Waals surface area contributed by atoms with Crippen molar-refractivity contribution in [2.24, 2.45) is 4.76 Å². The molecule has 2 aliphatic heterocycles. The molecule has 1 unspecified atom stereocenters. The first-order valence-electron chi connectivity index (χ1n) is 12.8. The van der Waals surface area contributed by atoms with Gasteiger partial charge < -0.3 is 14.4 Å². The lowest BCUT2D eigenvalue weighted by Gasteiger charge is -2.37. The zero-order chi connectivity index (χ0) is 27.1. The molecule has 2 aromatic rings. The molecular formula is C26H35N4O7P. The van der Waals surface area contributed by atoms with Gasteiger partial charge in [-0.1, -0.05) is 35.9 Å². The molecule has 1 aromatic heterocycles. The van der Waals surface area contributed by atoms with Crippen molar-refractivity contribution in [3.63, 3.8) is 0 Å². The van der Waals surface area contributed by atoms with E-state index < -0.39 is 12.7 Å². The Morgan fingerprint density at radius 1 is 1.13 bits per heavy atom. The van der Waals surface area contributed by atoms with Crippen molar-refractivity contribution in [3.05, 3.63) is 75.0 Å². The average Bonchev–Trinajstić information content (AvgIpc) is 3.61. The van der Waals surface area contributed by atoms with Crippen LogP contribution in [0.25, 0.3) is 0 Å². The maximum absolute atomic E-state index is 13.0. The first kappa shape index (κ1) is 28.2. The Balaban J connectivity index is 1.72. The summed E-state index contributed by atoms with van der Waals surface area (Å²) in [5.74, 6) is 0.478. The van der Waals surface area contributed by atoms with Gasteiger partial charge in [-0.3, -0.25) is 24.1 Å². The summed E-state index contributed by atoms with van der Waals surface area (Å²) in [5.41, 5.74) is 3.24. The largest absolute Gasteiger partial charge is 0.454 e. The number of aliphatic hydroxyl groups excluding tert-OH is 1. The first-order chi connectivity index (χ1) is 18.3. The molecule has 1 aromatic carbocycles. The lowest BCUT2D eigenvalue weighted by Crippen LogP contribution is -2.37. The Morgan fingerprint density at radius 2 is 1.84 bits per heavy atom. The van der Waals surface area contributed by atoms with Crippen molar-refractivity contribution in [1.82, 2.24) is 9.80 Å². The molecule has 12 heteroatoms. The van der Waals surface area contributed by atoms with E-state index in [4.69, 9.17) is 13.5 Å². The van der Waals surface area contributed by atoms with E-state index in [1.165, 1.54) is 38.7 Å². The summed E-state index contributed by atoms with van der Waals surface area (Å²) in [5, 5.41) is 20.6. The van der Waals surface area contributed by atoms with E-state index in [9.17, 15) is 19.8 Å². The van der Waals surface area contributed by atoms with Gasteiger partial charge in [-0.05, 0) is 56.0 Å². The van der Waals surface area contributed by atoms with Crippen LogP contribution in [0.5, 0.6) is 0 Å². The Hall–Kier alpha value is -2.82. The van der Waals surface area contributed by atoms with E-state index in [2.05, 4.69) is 40.0 Å². The second-order valence-electron chi connectivity index (χ2n) is 9.47. The highest BCUT2D eigenvalue weighted by Crippen LogP contribution is 2.50. The lowest BCUT2D eigenvalue weighted by atomic mass is 9.92. The monoisotopic (exact) mass is 546 g/mol. The molecule has 0 aliphatic carbocycles. The van der Waals surface area contributed by atoms with Gasteiger partial charge in [0, 0.05) is 33.8 Å². The molecule has 38 heavy (non-hydrogen) atoms. The van der Waals surface area contributed by atoms with Crippen LogP contribution in [0.1, 0.15) is 55.0 Å². The van der Waals surface area contributed by atoms with Crippen molar-refractivity contribution in [2.75, 3.05) is 33.9 Å². The van der Waals surface area contributed by atoms with Gasteiger partial charge in [0.1, 0.15) is 16.5 Å². The van der Waals surface area contributed by atoms with Gasteiger partial charge in [0.15, 0.2) is 0 Å². The molecule has 1 N–H and O–H groups in total. The molecule has 3 heterocycles. The van der Waals surface area contributed by atoms with Gasteiger partial charge in [-0.2, -0.15) is 4.76 Å². The molecule has 0 saturated carbocycles. The van der Waals surface area contributed by atoms with Gasteiger partial charge >= 0.3 is 13.6 Å². The van der Waals surface area contributed by atoms with Gasteiger partial charge in [0.25, 0.3) is 0 Å². The average molecular weight is 547 g/mol. The quantitative estimate of drug-likeness (QED) is 0.165. The van der Waals surface area contributed by atoms with Crippen LogP contribution in [0.2, 0.25) is 0 Å². The number of nitro groups is 1. The van der Waals surface area contributed by atoms with E-state index >= 15 is 0 Å².